The first-order valence-corrected chi connectivity index (χ1v) is 8.63. The smallest absolute Gasteiger partial charge is 0.234 e. The van der Waals surface area contributed by atoms with Crippen molar-refractivity contribution in [3.63, 3.8) is 0 Å². The number of benzene rings is 2. The van der Waals surface area contributed by atoms with Crippen LogP contribution in [0, 0.1) is 17.2 Å². The molecule has 5 heteroatoms. The highest BCUT2D eigenvalue weighted by atomic mass is 32.2. The van der Waals surface area contributed by atoms with Gasteiger partial charge in [-0.1, -0.05) is 60.7 Å². The molecule has 1 saturated heterocycles. The van der Waals surface area contributed by atoms with E-state index in [-0.39, 0.29) is 5.92 Å². The summed E-state index contributed by atoms with van der Waals surface area (Å²) in [5.74, 6) is -0.0339. The van der Waals surface area contributed by atoms with E-state index in [0.29, 0.717) is 19.5 Å². The molecule has 3 rings (SSSR count). The molecule has 118 valence electrons. The van der Waals surface area contributed by atoms with Gasteiger partial charge in [-0.25, -0.2) is 8.51 Å². The van der Waals surface area contributed by atoms with Gasteiger partial charge in [0.15, 0.2) is 0 Å². The average molecular weight is 326 g/mol. The fourth-order valence-corrected chi connectivity index (χ4v) is 4.05. The van der Waals surface area contributed by atoms with Crippen molar-refractivity contribution in [2.45, 2.75) is 11.8 Å². The number of hydrogen-bond acceptors (Lipinski definition) is 2. The Balaban J connectivity index is 2.11. The Kier molecular flexibility index (Phi) is 4.58. The van der Waals surface area contributed by atoms with Crippen LogP contribution < -0.4 is 0 Å². The van der Waals surface area contributed by atoms with Crippen molar-refractivity contribution >= 4 is 11.3 Å². The molecule has 0 bridgehead atoms. The first kappa shape index (κ1) is 15.9. The van der Waals surface area contributed by atoms with Crippen LogP contribution in [0.4, 0.5) is 0 Å². The summed E-state index contributed by atoms with van der Waals surface area (Å²) in [5.41, 5.74) is 1.06. The van der Waals surface area contributed by atoms with Crippen LogP contribution in [0.25, 0.3) is 0 Å². The number of hydrogen-bond donors (Lipinski definition) is 1. The van der Waals surface area contributed by atoms with E-state index in [4.69, 9.17) is 0 Å². The number of nitriles is 1. The largest absolute Gasteiger partial charge is 0.294 e. The van der Waals surface area contributed by atoms with Gasteiger partial charge in [0, 0.05) is 19.0 Å². The summed E-state index contributed by atoms with van der Waals surface area (Å²) in [6.07, 6.45) is 0.712. The molecule has 0 aliphatic carbocycles. The van der Waals surface area contributed by atoms with Crippen LogP contribution in [-0.4, -0.2) is 26.2 Å². The zero-order valence-corrected chi connectivity index (χ0v) is 13.4. The van der Waals surface area contributed by atoms with Crippen molar-refractivity contribution in [3.8, 4) is 6.07 Å². The Hall–Kier alpha value is -2.00. The highest BCUT2D eigenvalue weighted by Gasteiger charge is 2.46. The number of rotatable bonds is 4. The van der Waals surface area contributed by atoms with Gasteiger partial charge in [-0.05, 0) is 17.5 Å². The maximum Gasteiger partial charge on any atom is 0.234 e. The lowest BCUT2D eigenvalue weighted by atomic mass is 9.66. The van der Waals surface area contributed by atoms with Crippen LogP contribution in [-0.2, 0) is 16.7 Å². The van der Waals surface area contributed by atoms with Crippen LogP contribution in [0.1, 0.15) is 17.5 Å². The molecule has 2 aromatic rings. The highest BCUT2D eigenvalue weighted by molar-refractivity contribution is 7.76. The SMILES string of the molecule is N#CC(c1ccccc1)(c1ccccc1)[C@@H]1CCN(S(=O)O)C1. The standard InChI is InChI=1S/C18H18N2O2S/c19-14-18(15-7-3-1-4-8-15,16-9-5-2-6-10-16)17-11-12-20(13-17)23(21)22/h1-10,17H,11-13H2,(H,21,22)/t17-/m1/s1. The van der Waals surface area contributed by atoms with E-state index in [1.165, 1.54) is 4.31 Å². The van der Waals surface area contributed by atoms with Crippen LogP contribution >= 0.6 is 0 Å². The van der Waals surface area contributed by atoms with Gasteiger partial charge in [0.05, 0.1) is 6.07 Å². The Labute approximate surface area is 138 Å². The van der Waals surface area contributed by atoms with Gasteiger partial charge >= 0.3 is 0 Å². The maximum absolute atomic E-state index is 11.4. The molecule has 1 N–H and O–H groups in total. The van der Waals surface area contributed by atoms with Gasteiger partial charge in [0.1, 0.15) is 5.41 Å². The molecule has 1 aliphatic rings. The van der Waals surface area contributed by atoms with Crippen molar-refractivity contribution in [1.29, 1.82) is 5.26 Å². The average Bonchev–Trinajstić information content (AvgIpc) is 3.09. The monoisotopic (exact) mass is 326 g/mol. The van der Waals surface area contributed by atoms with Gasteiger partial charge in [-0.2, -0.15) is 5.26 Å². The number of nitrogens with zero attached hydrogens (tertiary/aromatic N) is 2. The van der Waals surface area contributed by atoms with Gasteiger partial charge < -0.3 is 0 Å². The Morgan fingerprint density at radius 3 is 2.00 bits per heavy atom. The lowest BCUT2D eigenvalue weighted by Gasteiger charge is -2.33. The molecule has 4 nitrogen and oxygen atoms in total. The zero-order chi connectivity index (χ0) is 16.3. The van der Waals surface area contributed by atoms with Gasteiger partial charge in [0.2, 0.25) is 11.3 Å². The van der Waals surface area contributed by atoms with Gasteiger partial charge in [0.25, 0.3) is 0 Å². The van der Waals surface area contributed by atoms with Crippen molar-refractivity contribution in [1.82, 2.24) is 4.31 Å². The lowest BCUT2D eigenvalue weighted by Crippen LogP contribution is -2.37. The van der Waals surface area contributed by atoms with Crippen LogP contribution in [0.3, 0.4) is 0 Å². The molecule has 1 aliphatic heterocycles. The lowest BCUT2D eigenvalue weighted by molar-refractivity contribution is 0.387. The van der Waals surface area contributed by atoms with Crippen molar-refractivity contribution < 1.29 is 8.76 Å². The first-order chi connectivity index (χ1) is 11.2. The molecule has 23 heavy (non-hydrogen) atoms. The highest BCUT2D eigenvalue weighted by Crippen LogP contribution is 2.43. The predicted octanol–water partition coefficient (Wildman–Crippen LogP) is 2.95. The van der Waals surface area contributed by atoms with E-state index in [1.807, 2.05) is 60.7 Å². The van der Waals surface area contributed by atoms with Crippen LogP contribution in [0.15, 0.2) is 60.7 Å². The van der Waals surface area contributed by atoms with Crippen molar-refractivity contribution in [2.24, 2.45) is 5.92 Å². The molecular formula is C18H18N2O2S. The van der Waals surface area contributed by atoms with E-state index < -0.39 is 16.7 Å². The van der Waals surface area contributed by atoms with E-state index in [2.05, 4.69) is 6.07 Å². The Morgan fingerprint density at radius 1 is 1.09 bits per heavy atom. The van der Waals surface area contributed by atoms with Crippen LogP contribution in [0.2, 0.25) is 0 Å². The Bertz CT molecular complexity index is 688. The summed E-state index contributed by atoms with van der Waals surface area (Å²) in [7, 11) is 0. The summed E-state index contributed by atoms with van der Waals surface area (Å²) < 4.78 is 22.3. The molecule has 1 fully saturated rings. The summed E-state index contributed by atoms with van der Waals surface area (Å²) >= 11 is -1.99. The van der Waals surface area contributed by atoms with Gasteiger partial charge in [-0.3, -0.25) is 4.55 Å². The summed E-state index contributed by atoms with van der Waals surface area (Å²) in [6, 6.07) is 22.0. The normalized spacial score (nSPS) is 20.1. The second kappa shape index (κ2) is 6.63. The van der Waals surface area contributed by atoms with Crippen LogP contribution in [0.5, 0.6) is 0 Å². The second-order valence-electron chi connectivity index (χ2n) is 5.76. The van der Waals surface area contributed by atoms with E-state index in [0.717, 1.165) is 11.1 Å². The first-order valence-electron chi connectivity index (χ1n) is 7.56. The molecule has 0 amide bonds. The summed E-state index contributed by atoms with van der Waals surface area (Å²) in [4.78, 5) is 0. The topological polar surface area (TPSA) is 64.3 Å². The molecule has 1 heterocycles. The quantitative estimate of drug-likeness (QED) is 0.879. The third-order valence-electron chi connectivity index (χ3n) is 4.62. The van der Waals surface area contributed by atoms with E-state index in [9.17, 15) is 14.0 Å². The minimum Gasteiger partial charge on any atom is -0.294 e. The van der Waals surface area contributed by atoms with E-state index >= 15 is 0 Å². The van der Waals surface area contributed by atoms with Crippen molar-refractivity contribution in [2.75, 3.05) is 13.1 Å². The molecule has 2 atom stereocenters. The fourth-order valence-electron chi connectivity index (χ4n) is 3.48. The molecule has 0 saturated carbocycles. The van der Waals surface area contributed by atoms with E-state index in [1.54, 1.807) is 0 Å². The van der Waals surface area contributed by atoms with Crippen molar-refractivity contribution in [3.05, 3.63) is 71.8 Å². The summed E-state index contributed by atoms with van der Waals surface area (Å²) in [6.45, 7) is 0.956. The second-order valence-corrected chi connectivity index (χ2v) is 6.73. The fraction of sp³-hybridized carbons (Fsp3) is 0.278. The molecular weight excluding hydrogens is 308 g/mol. The summed E-state index contributed by atoms with van der Waals surface area (Å²) in [5, 5.41) is 10.2. The molecule has 2 aromatic carbocycles. The maximum atomic E-state index is 11.4. The zero-order valence-electron chi connectivity index (χ0n) is 12.6. The minimum absolute atomic E-state index is 0.0339. The predicted molar refractivity (Wildman–Crippen MR) is 89.7 cm³/mol. The molecule has 0 spiro atoms. The Morgan fingerprint density at radius 2 is 1.61 bits per heavy atom. The third kappa shape index (κ3) is 2.81. The molecule has 1 unspecified atom stereocenters. The third-order valence-corrected chi connectivity index (χ3v) is 5.39. The minimum atomic E-state index is -1.99. The molecule has 0 aromatic heterocycles. The van der Waals surface area contributed by atoms with Gasteiger partial charge in [-0.15, -0.1) is 0 Å². The molecule has 0 radical (unpaired) electrons.